The topological polar surface area (TPSA) is 77.9 Å². The van der Waals surface area contributed by atoms with Crippen molar-refractivity contribution in [3.8, 4) is 0 Å². The molecule has 2 heterocycles. The van der Waals surface area contributed by atoms with Gasteiger partial charge in [0.15, 0.2) is 0 Å². The van der Waals surface area contributed by atoms with Crippen LogP contribution in [-0.4, -0.2) is 47.7 Å². The van der Waals surface area contributed by atoms with Gasteiger partial charge in [0.05, 0.1) is 0 Å². The second kappa shape index (κ2) is 5.35. The van der Waals surface area contributed by atoms with E-state index in [1.165, 1.54) is 19.9 Å². The van der Waals surface area contributed by atoms with E-state index in [4.69, 9.17) is 5.11 Å². The lowest BCUT2D eigenvalue weighted by molar-refractivity contribution is 0.0702. The lowest BCUT2D eigenvalue weighted by Gasteiger charge is -2.26. The smallest absolute Gasteiger partial charge is 0.345 e. The predicted molar refractivity (Wildman–Crippen MR) is 79.7 cm³/mol. The third-order valence-corrected chi connectivity index (χ3v) is 7.23. The Balaban J connectivity index is 1.86. The molecule has 1 aromatic heterocycles. The molecule has 2 aliphatic rings. The number of rotatable bonds is 4. The van der Waals surface area contributed by atoms with Gasteiger partial charge >= 0.3 is 5.97 Å². The summed E-state index contributed by atoms with van der Waals surface area (Å²) in [5.41, 5.74) is 0.836. The van der Waals surface area contributed by atoms with Gasteiger partial charge in [-0.1, -0.05) is 0 Å². The number of hydrogen-bond acceptors (Lipinski definition) is 4. The zero-order valence-corrected chi connectivity index (χ0v) is 13.4. The molecule has 3 rings (SSSR count). The van der Waals surface area contributed by atoms with Crippen molar-refractivity contribution in [2.75, 3.05) is 13.6 Å². The fraction of sp³-hybridized carbons (Fsp3) is 0.615. The molecule has 1 fully saturated rings. The number of carbonyl (C=O) groups is 1. The summed E-state index contributed by atoms with van der Waals surface area (Å²) in [6.07, 6.45) is 3.32. The van der Waals surface area contributed by atoms with Gasteiger partial charge in [-0.15, -0.1) is 11.3 Å². The molecule has 116 valence electrons. The van der Waals surface area contributed by atoms with E-state index in [9.17, 15) is 13.2 Å². The van der Waals surface area contributed by atoms with Crippen LogP contribution in [0.3, 0.4) is 0 Å². The predicted octanol–water partition coefficient (Wildman–Crippen LogP) is 1.53. The molecule has 0 aromatic carbocycles. The maximum absolute atomic E-state index is 12.6. The molecule has 0 amide bonds. The quantitative estimate of drug-likeness (QED) is 0.908. The zero-order chi connectivity index (χ0) is 15.2. The van der Waals surface area contributed by atoms with Crippen LogP contribution in [-0.2, 0) is 23.2 Å². The van der Waals surface area contributed by atoms with Crippen LogP contribution >= 0.6 is 11.3 Å². The molecule has 1 aliphatic heterocycles. The molecule has 6 nitrogen and oxygen atoms in total. The van der Waals surface area contributed by atoms with Crippen LogP contribution < -0.4 is 0 Å². The molecule has 0 saturated heterocycles. The Morgan fingerprint density at radius 3 is 2.81 bits per heavy atom. The Bertz CT molecular complexity index is 664. The van der Waals surface area contributed by atoms with Gasteiger partial charge in [-0.3, -0.25) is 0 Å². The van der Waals surface area contributed by atoms with Gasteiger partial charge in [-0.05, 0) is 37.3 Å². The van der Waals surface area contributed by atoms with Gasteiger partial charge in [0.1, 0.15) is 4.88 Å². The number of nitrogens with zero attached hydrogens (tertiary/aromatic N) is 2. The highest BCUT2D eigenvalue weighted by Gasteiger charge is 2.38. The standard InChI is InChI=1S/C13H18N2O4S2/c1-14(10-4-5-10)21(18,19)15-6-2-3-11-9(8-15)7-12(20-11)13(16)17/h7,10H,2-6,8H2,1H3,(H,16,17). The van der Waals surface area contributed by atoms with Crippen molar-refractivity contribution in [3.63, 3.8) is 0 Å². The van der Waals surface area contributed by atoms with Gasteiger partial charge in [0.2, 0.25) is 0 Å². The number of aryl methyl sites for hydroxylation is 1. The van der Waals surface area contributed by atoms with Crippen molar-refractivity contribution in [2.24, 2.45) is 0 Å². The molecule has 8 heteroatoms. The van der Waals surface area contributed by atoms with Crippen molar-refractivity contribution >= 4 is 27.5 Å². The van der Waals surface area contributed by atoms with E-state index in [-0.39, 0.29) is 17.5 Å². The average molecular weight is 330 g/mol. The molecular formula is C13H18N2O4S2. The number of thiophene rings is 1. The number of carboxylic acids is 1. The van der Waals surface area contributed by atoms with Crippen molar-refractivity contribution in [1.82, 2.24) is 8.61 Å². The van der Waals surface area contributed by atoms with Crippen LogP contribution in [0.2, 0.25) is 0 Å². The summed E-state index contributed by atoms with van der Waals surface area (Å²) in [5, 5.41) is 9.07. The first-order chi connectivity index (χ1) is 9.89. The first-order valence-electron chi connectivity index (χ1n) is 6.97. The Morgan fingerprint density at radius 2 is 2.19 bits per heavy atom. The molecule has 1 aliphatic carbocycles. The molecule has 0 radical (unpaired) electrons. The minimum Gasteiger partial charge on any atom is -0.477 e. The van der Waals surface area contributed by atoms with E-state index in [2.05, 4.69) is 0 Å². The molecule has 1 aromatic rings. The highest BCUT2D eigenvalue weighted by Crippen LogP contribution is 2.32. The van der Waals surface area contributed by atoms with E-state index < -0.39 is 16.2 Å². The van der Waals surface area contributed by atoms with Crippen LogP contribution in [0.1, 0.15) is 39.4 Å². The molecular weight excluding hydrogens is 312 g/mol. The van der Waals surface area contributed by atoms with Crippen LogP contribution in [0.4, 0.5) is 0 Å². The lowest BCUT2D eigenvalue weighted by Crippen LogP contribution is -2.42. The summed E-state index contributed by atoms with van der Waals surface area (Å²) in [5.74, 6) is -0.947. The monoisotopic (exact) mass is 330 g/mol. The number of carboxylic acid groups (broad SMARTS) is 1. The van der Waals surface area contributed by atoms with E-state index in [1.807, 2.05) is 0 Å². The van der Waals surface area contributed by atoms with Crippen molar-refractivity contribution < 1.29 is 18.3 Å². The molecule has 0 atom stereocenters. The minimum absolute atomic E-state index is 0.134. The van der Waals surface area contributed by atoms with Crippen LogP contribution in [0.5, 0.6) is 0 Å². The normalized spacial score (nSPS) is 20.3. The van der Waals surface area contributed by atoms with E-state index in [0.717, 1.165) is 36.1 Å². The Morgan fingerprint density at radius 1 is 1.48 bits per heavy atom. The van der Waals surface area contributed by atoms with E-state index in [0.29, 0.717) is 6.54 Å². The summed E-state index contributed by atoms with van der Waals surface area (Å²) >= 11 is 1.26. The molecule has 1 N–H and O–H groups in total. The molecule has 0 unspecified atom stereocenters. The van der Waals surface area contributed by atoms with Gasteiger partial charge in [0, 0.05) is 31.1 Å². The first kappa shape index (κ1) is 15.0. The van der Waals surface area contributed by atoms with Gasteiger partial charge < -0.3 is 5.11 Å². The maximum atomic E-state index is 12.6. The van der Waals surface area contributed by atoms with Gasteiger partial charge in [-0.25, -0.2) is 4.79 Å². The summed E-state index contributed by atoms with van der Waals surface area (Å²) in [6.45, 7) is 0.766. The maximum Gasteiger partial charge on any atom is 0.345 e. The molecule has 0 bridgehead atoms. The highest BCUT2D eigenvalue weighted by molar-refractivity contribution is 7.86. The van der Waals surface area contributed by atoms with E-state index in [1.54, 1.807) is 13.1 Å². The third kappa shape index (κ3) is 2.85. The average Bonchev–Trinajstić information content (AvgIpc) is 3.22. The summed E-state index contributed by atoms with van der Waals surface area (Å²) < 4.78 is 28.2. The molecule has 21 heavy (non-hydrogen) atoms. The fourth-order valence-corrected chi connectivity index (χ4v) is 5.28. The van der Waals surface area contributed by atoms with Crippen molar-refractivity contribution in [1.29, 1.82) is 0 Å². The highest BCUT2D eigenvalue weighted by atomic mass is 32.2. The fourth-order valence-electron chi connectivity index (χ4n) is 2.61. The lowest BCUT2D eigenvalue weighted by atomic mass is 10.2. The van der Waals surface area contributed by atoms with E-state index >= 15 is 0 Å². The molecule has 0 spiro atoms. The second-order valence-electron chi connectivity index (χ2n) is 5.56. The second-order valence-corrected chi connectivity index (χ2v) is 8.68. The van der Waals surface area contributed by atoms with Crippen LogP contribution in [0.25, 0.3) is 0 Å². The van der Waals surface area contributed by atoms with Crippen LogP contribution in [0, 0.1) is 0 Å². The summed E-state index contributed by atoms with van der Waals surface area (Å²) in [4.78, 5) is 12.3. The number of aromatic carboxylic acids is 1. The largest absolute Gasteiger partial charge is 0.477 e. The van der Waals surface area contributed by atoms with Gasteiger partial charge in [0.25, 0.3) is 10.2 Å². The SMILES string of the molecule is CN(C1CC1)S(=O)(=O)N1CCCc2sc(C(=O)O)cc2C1. The van der Waals surface area contributed by atoms with Crippen molar-refractivity contribution in [3.05, 3.63) is 21.4 Å². The number of hydrogen-bond donors (Lipinski definition) is 1. The summed E-state index contributed by atoms with van der Waals surface area (Å²) in [6, 6.07) is 1.75. The Kier molecular flexibility index (Phi) is 3.81. The van der Waals surface area contributed by atoms with Crippen molar-refractivity contribution in [2.45, 2.75) is 38.3 Å². The summed E-state index contributed by atoms with van der Waals surface area (Å²) in [7, 11) is -1.82. The third-order valence-electron chi connectivity index (χ3n) is 4.02. The first-order valence-corrected chi connectivity index (χ1v) is 9.19. The zero-order valence-electron chi connectivity index (χ0n) is 11.8. The van der Waals surface area contributed by atoms with Crippen LogP contribution in [0.15, 0.2) is 6.07 Å². The Labute approximate surface area is 128 Å². The Hall–Kier alpha value is -0.960. The van der Waals surface area contributed by atoms with Gasteiger partial charge in [-0.2, -0.15) is 17.0 Å². The molecule has 1 saturated carbocycles. The minimum atomic E-state index is -3.45. The number of fused-ring (bicyclic) bond motifs is 1.